The van der Waals surface area contributed by atoms with Gasteiger partial charge in [0.2, 0.25) is 0 Å². The van der Waals surface area contributed by atoms with Crippen molar-refractivity contribution < 1.29 is 9.53 Å². The Labute approximate surface area is 139 Å². The highest BCUT2D eigenvalue weighted by atomic mass is 16.5. The number of pyridine rings is 1. The lowest BCUT2D eigenvalue weighted by atomic mass is 10.1. The van der Waals surface area contributed by atoms with Crippen LogP contribution in [0.25, 0.3) is 16.7 Å². The van der Waals surface area contributed by atoms with Crippen molar-refractivity contribution in [2.45, 2.75) is 6.92 Å². The fraction of sp³-hybridized carbons (Fsp3) is 0.167. The van der Waals surface area contributed by atoms with Gasteiger partial charge in [0.15, 0.2) is 0 Å². The van der Waals surface area contributed by atoms with Gasteiger partial charge in [-0.3, -0.25) is 4.98 Å². The summed E-state index contributed by atoms with van der Waals surface area (Å²) in [6.07, 6.45) is 6.57. The highest BCUT2D eigenvalue weighted by molar-refractivity contribution is 5.95. The highest BCUT2D eigenvalue weighted by Gasteiger charge is 2.08. The van der Waals surface area contributed by atoms with Crippen LogP contribution in [0.2, 0.25) is 0 Å². The van der Waals surface area contributed by atoms with Crippen molar-refractivity contribution in [3.8, 4) is 0 Å². The molecule has 0 bridgehead atoms. The Morgan fingerprint density at radius 3 is 2.83 bits per heavy atom. The maximum Gasteiger partial charge on any atom is 0.332 e. The molecule has 0 radical (unpaired) electrons. The monoisotopic (exact) mass is 322 g/mol. The third-order valence-corrected chi connectivity index (χ3v) is 3.54. The van der Waals surface area contributed by atoms with Crippen molar-refractivity contribution in [2.24, 2.45) is 7.05 Å². The van der Waals surface area contributed by atoms with E-state index in [0.717, 1.165) is 22.3 Å². The van der Waals surface area contributed by atoms with Gasteiger partial charge in [0.1, 0.15) is 0 Å². The summed E-state index contributed by atoms with van der Waals surface area (Å²) in [6.45, 7) is 2.11. The average Bonchev–Trinajstić information content (AvgIpc) is 2.96. The molecule has 1 N–H and O–H groups in total. The standard InChI is InChI=1S/C18H18N4O2/c1-3-24-18(23)11-15(13-6-8-19-9-7-13)21-14-4-5-17-16(10-14)20-12-22(17)2/h4-12,21H,3H2,1-2H3/b15-11+. The number of fused-ring (bicyclic) bond motifs is 1. The van der Waals surface area contributed by atoms with Crippen molar-refractivity contribution in [3.63, 3.8) is 0 Å². The number of carbonyl (C=O) groups is 1. The molecule has 0 fully saturated rings. The van der Waals surface area contributed by atoms with Gasteiger partial charge < -0.3 is 14.6 Å². The van der Waals surface area contributed by atoms with E-state index in [-0.39, 0.29) is 0 Å². The number of hydrogen-bond donors (Lipinski definition) is 1. The third-order valence-electron chi connectivity index (χ3n) is 3.54. The molecule has 3 rings (SSSR count). The summed E-state index contributed by atoms with van der Waals surface area (Å²) in [7, 11) is 1.95. The Morgan fingerprint density at radius 2 is 2.08 bits per heavy atom. The first kappa shape index (κ1) is 15.7. The van der Waals surface area contributed by atoms with E-state index in [4.69, 9.17) is 4.74 Å². The van der Waals surface area contributed by atoms with Crippen LogP contribution in [0, 0.1) is 0 Å². The van der Waals surface area contributed by atoms with Crippen LogP contribution in [0.5, 0.6) is 0 Å². The Morgan fingerprint density at radius 1 is 1.29 bits per heavy atom. The summed E-state index contributed by atoms with van der Waals surface area (Å²) in [6, 6.07) is 9.54. The van der Waals surface area contributed by atoms with Gasteiger partial charge in [0.25, 0.3) is 0 Å². The minimum Gasteiger partial charge on any atom is -0.463 e. The average molecular weight is 322 g/mol. The van der Waals surface area contributed by atoms with Crippen LogP contribution in [-0.2, 0) is 16.6 Å². The van der Waals surface area contributed by atoms with Crippen molar-refractivity contribution in [1.82, 2.24) is 14.5 Å². The number of aryl methyl sites for hydroxylation is 1. The molecule has 6 nitrogen and oxygen atoms in total. The molecule has 0 amide bonds. The Bertz CT molecular complexity index is 884. The maximum atomic E-state index is 11.9. The van der Waals surface area contributed by atoms with Crippen molar-refractivity contribution in [3.05, 3.63) is 60.7 Å². The lowest BCUT2D eigenvalue weighted by Crippen LogP contribution is -2.06. The number of ether oxygens (including phenoxy) is 1. The van der Waals surface area contributed by atoms with E-state index in [1.807, 2.05) is 41.9 Å². The molecule has 2 heterocycles. The van der Waals surface area contributed by atoms with Crippen molar-refractivity contribution >= 4 is 28.4 Å². The molecule has 3 aromatic rings. The molecule has 2 aromatic heterocycles. The fourth-order valence-electron chi connectivity index (χ4n) is 2.39. The Hall–Kier alpha value is -3.15. The number of nitrogens with one attached hydrogen (secondary N) is 1. The van der Waals surface area contributed by atoms with E-state index in [9.17, 15) is 4.79 Å². The molecular weight excluding hydrogens is 304 g/mol. The SMILES string of the molecule is CCOC(=O)/C=C(/Nc1ccc2c(c1)ncn2C)c1ccncc1. The second-order valence-corrected chi connectivity index (χ2v) is 5.23. The first-order valence-electron chi connectivity index (χ1n) is 7.64. The molecule has 0 saturated carbocycles. The van der Waals surface area contributed by atoms with Gasteiger partial charge in [-0.25, -0.2) is 9.78 Å². The smallest absolute Gasteiger partial charge is 0.332 e. The molecule has 0 aliphatic heterocycles. The van der Waals surface area contributed by atoms with E-state index in [1.165, 1.54) is 6.08 Å². The van der Waals surface area contributed by atoms with Crippen LogP contribution in [-0.4, -0.2) is 27.1 Å². The minimum atomic E-state index is -0.393. The number of imidazole rings is 1. The first-order chi connectivity index (χ1) is 11.7. The van der Waals surface area contributed by atoms with Crippen LogP contribution in [0.15, 0.2) is 55.1 Å². The molecule has 122 valence electrons. The second kappa shape index (κ2) is 6.95. The summed E-state index contributed by atoms with van der Waals surface area (Å²) >= 11 is 0. The summed E-state index contributed by atoms with van der Waals surface area (Å²) in [4.78, 5) is 20.2. The van der Waals surface area contributed by atoms with Crippen LogP contribution >= 0.6 is 0 Å². The number of carbonyl (C=O) groups excluding carboxylic acids is 1. The highest BCUT2D eigenvalue weighted by Crippen LogP contribution is 2.22. The number of rotatable bonds is 5. The van der Waals surface area contributed by atoms with Crippen LogP contribution in [0.4, 0.5) is 5.69 Å². The Kier molecular flexibility index (Phi) is 4.56. The number of aromatic nitrogens is 3. The molecule has 0 aliphatic carbocycles. The molecule has 24 heavy (non-hydrogen) atoms. The molecule has 0 atom stereocenters. The summed E-state index contributed by atoms with van der Waals surface area (Å²) in [5, 5.41) is 3.27. The lowest BCUT2D eigenvalue weighted by Gasteiger charge is -2.11. The molecule has 0 saturated heterocycles. The van der Waals surface area contributed by atoms with Gasteiger partial charge in [0.05, 0.1) is 29.7 Å². The van der Waals surface area contributed by atoms with Crippen LogP contribution < -0.4 is 5.32 Å². The van der Waals surface area contributed by atoms with Gasteiger partial charge >= 0.3 is 5.97 Å². The molecule has 0 spiro atoms. The lowest BCUT2D eigenvalue weighted by molar-refractivity contribution is -0.137. The topological polar surface area (TPSA) is 69.0 Å². The minimum absolute atomic E-state index is 0.332. The summed E-state index contributed by atoms with van der Waals surface area (Å²) in [5.74, 6) is -0.393. The van der Waals surface area contributed by atoms with Crippen LogP contribution in [0.3, 0.4) is 0 Å². The predicted octanol–water partition coefficient (Wildman–Crippen LogP) is 2.98. The van der Waals surface area contributed by atoms with E-state index < -0.39 is 5.97 Å². The number of nitrogens with zero attached hydrogens (tertiary/aromatic N) is 3. The van der Waals surface area contributed by atoms with Gasteiger partial charge in [-0.05, 0) is 37.3 Å². The number of hydrogen-bond acceptors (Lipinski definition) is 5. The van der Waals surface area contributed by atoms with Gasteiger partial charge in [-0.15, -0.1) is 0 Å². The second-order valence-electron chi connectivity index (χ2n) is 5.23. The zero-order valence-electron chi connectivity index (χ0n) is 13.6. The summed E-state index contributed by atoms with van der Waals surface area (Å²) in [5.41, 5.74) is 4.26. The van der Waals surface area contributed by atoms with Crippen molar-refractivity contribution in [2.75, 3.05) is 11.9 Å². The van der Waals surface area contributed by atoms with E-state index in [0.29, 0.717) is 12.3 Å². The predicted molar refractivity (Wildman–Crippen MR) is 93.2 cm³/mol. The third kappa shape index (κ3) is 3.43. The Balaban J connectivity index is 1.94. The van der Waals surface area contributed by atoms with Crippen molar-refractivity contribution in [1.29, 1.82) is 0 Å². The van der Waals surface area contributed by atoms with Crippen LogP contribution in [0.1, 0.15) is 12.5 Å². The zero-order chi connectivity index (χ0) is 16.9. The quantitative estimate of drug-likeness (QED) is 0.578. The summed E-state index contributed by atoms with van der Waals surface area (Å²) < 4.78 is 6.97. The van der Waals surface area contributed by atoms with E-state index in [1.54, 1.807) is 25.6 Å². The molecule has 6 heteroatoms. The van der Waals surface area contributed by atoms with Gasteiger partial charge in [-0.1, -0.05) is 0 Å². The zero-order valence-corrected chi connectivity index (χ0v) is 13.6. The molecule has 0 aliphatic rings. The molecule has 1 aromatic carbocycles. The fourth-order valence-corrected chi connectivity index (χ4v) is 2.39. The number of anilines is 1. The number of esters is 1. The first-order valence-corrected chi connectivity index (χ1v) is 7.64. The normalized spacial score (nSPS) is 11.5. The molecule has 0 unspecified atom stereocenters. The van der Waals surface area contributed by atoms with Gasteiger partial charge in [0, 0.05) is 36.8 Å². The molecular formula is C18H18N4O2. The number of benzene rings is 1. The largest absolute Gasteiger partial charge is 0.463 e. The van der Waals surface area contributed by atoms with E-state index in [2.05, 4.69) is 15.3 Å². The van der Waals surface area contributed by atoms with E-state index >= 15 is 0 Å². The maximum absolute atomic E-state index is 11.9. The van der Waals surface area contributed by atoms with Gasteiger partial charge in [-0.2, -0.15) is 0 Å².